The summed E-state index contributed by atoms with van der Waals surface area (Å²) < 4.78 is 14.6. The van der Waals surface area contributed by atoms with Gasteiger partial charge in [-0.25, -0.2) is 4.39 Å². The lowest BCUT2D eigenvalue weighted by atomic mass is 10.1. The number of hydrogen-bond acceptors (Lipinski definition) is 3. The highest BCUT2D eigenvalue weighted by molar-refractivity contribution is 5.93. The van der Waals surface area contributed by atoms with Crippen LogP contribution in [0.15, 0.2) is 60.7 Å². The Morgan fingerprint density at radius 1 is 1.15 bits per heavy atom. The van der Waals surface area contributed by atoms with Crippen LogP contribution in [0.3, 0.4) is 0 Å². The minimum absolute atomic E-state index is 0.0694. The van der Waals surface area contributed by atoms with E-state index in [1.165, 1.54) is 12.1 Å². The van der Waals surface area contributed by atoms with Gasteiger partial charge in [0, 0.05) is 19.2 Å². The normalized spacial score (nSPS) is 12.2. The van der Waals surface area contributed by atoms with Crippen molar-refractivity contribution in [1.82, 2.24) is 20.0 Å². The van der Waals surface area contributed by atoms with Gasteiger partial charge < -0.3 is 10.2 Å². The summed E-state index contributed by atoms with van der Waals surface area (Å²) in [7, 11) is 5.70. The van der Waals surface area contributed by atoms with Crippen molar-refractivity contribution in [3.05, 3.63) is 77.7 Å². The molecule has 0 radical (unpaired) electrons. The van der Waals surface area contributed by atoms with Crippen LogP contribution in [-0.2, 0) is 7.05 Å². The molecule has 1 unspecified atom stereocenters. The van der Waals surface area contributed by atoms with Crippen molar-refractivity contribution in [2.45, 2.75) is 6.04 Å². The average Bonchev–Trinajstić information content (AvgIpc) is 3.05. The molecule has 0 aliphatic carbocycles. The molecule has 0 bridgehead atoms. The van der Waals surface area contributed by atoms with E-state index in [0.717, 1.165) is 11.1 Å². The molecule has 27 heavy (non-hydrogen) atoms. The van der Waals surface area contributed by atoms with Crippen LogP contribution in [0, 0.1) is 5.82 Å². The Morgan fingerprint density at radius 2 is 1.81 bits per heavy atom. The molecule has 140 valence electrons. The molecule has 2 aromatic carbocycles. The van der Waals surface area contributed by atoms with Crippen molar-refractivity contribution in [2.24, 2.45) is 7.05 Å². The van der Waals surface area contributed by atoms with Gasteiger partial charge in [0.1, 0.15) is 11.5 Å². The van der Waals surface area contributed by atoms with E-state index in [1.807, 2.05) is 44.4 Å². The van der Waals surface area contributed by atoms with Crippen LogP contribution in [0.5, 0.6) is 0 Å². The molecule has 1 heterocycles. The zero-order chi connectivity index (χ0) is 19.4. The van der Waals surface area contributed by atoms with E-state index in [2.05, 4.69) is 15.3 Å². The number of rotatable bonds is 6. The van der Waals surface area contributed by atoms with Gasteiger partial charge in [-0.15, -0.1) is 0 Å². The molecule has 1 N–H and O–H groups in total. The van der Waals surface area contributed by atoms with Gasteiger partial charge in [-0.05, 0) is 50.0 Å². The third-order valence-corrected chi connectivity index (χ3v) is 4.52. The largest absolute Gasteiger partial charge is 0.349 e. The summed E-state index contributed by atoms with van der Waals surface area (Å²) in [6, 6.07) is 17.9. The van der Waals surface area contributed by atoms with Gasteiger partial charge in [0.15, 0.2) is 0 Å². The molecule has 0 spiro atoms. The fourth-order valence-electron chi connectivity index (χ4n) is 3.00. The molecule has 0 saturated carbocycles. The van der Waals surface area contributed by atoms with Crippen LogP contribution in [0.4, 0.5) is 4.39 Å². The minimum atomic E-state index is -0.303. The number of likely N-dealkylation sites (N-methyl/N-ethyl adjacent to an activating group) is 1. The maximum atomic E-state index is 13.1. The van der Waals surface area contributed by atoms with Crippen LogP contribution in [0.1, 0.15) is 22.1 Å². The number of nitrogens with zero attached hydrogens (tertiary/aromatic N) is 3. The number of carbonyl (C=O) groups excluding carboxylic acids is 1. The number of carbonyl (C=O) groups is 1. The maximum Gasteiger partial charge on any atom is 0.269 e. The first-order valence-corrected chi connectivity index (χ1v) is 8.75. The summed E-state index contributed by atoms with van der Waals surface area (Å²) in [4.78, 5) is 14.7. The van der Waals surface area contributed by atoms with Gasteiger partial charge in [0.05, 0.1) is 11.7 Å². The van der Waals surface area contributed by atoms with Gasteiger partial charge in [-0.1, -0.05) is 30.3 Å². The fraction of sp³-hybridized carbons (Fsp3) is 0.238. The second-order valence-corrected chi connectivity index (χ2v) is 6.65. The van der Waals surface area contributed by atoms with E-state index < -0.39 is 0 Å². The molecule has 1 amide bonds. The van der Waals surface area contributed by atoms with Crippen molar-refractivity contribution < 1.29 is 9.18 Å². The molecular formula is C21H23FN4O. The summed E-state index contributed by atoms with van der Waals surface area (Å²) in [6.45, 7) is 0.479. The fourth-order valence-corrected chi connectivity index (χ4v) is 3.00. The molecule has 1 atom stereocenters. The van der Waals surface area contributed by atoms with E-state index in [4.69, 9.17) is 0 Å². The van der Waals surface area contributed by atoms with E-state index in [9.17, 15) is 9.18 Å². The van der Waals surface area contributed by atoms with Gasteiger partial charge >= 0.3 is 0 Å². The predicted octanol–water partition coefficient (Wildman–Crippen LogP) is 3.26. The molecule has 0 saturated heterocycles. The molecule has 3 rings (SSSR count). The Bertz CT molecular complexity index is 904. The summed E-state index contributed by atoms with van der Waals surface area (Å²) in [5.41, 5.74) is 3.00. The van der Waals surface area contributed by atoms with E-state index in [-0.39, 0.29) is 17.8 Å². The summed E-state index contributed by atoms with van der Waals surface area (Å²) in [5, 5.41) is 7.37. The monoisotopic (exact) mass is 366 g/mol. The van der Waals surface area contributed by atoms with Crippen LogP contribution in [0.25, 0.3) is 11.3 Å². The Hall–Kier alpha value is -2.99. The Balaban J connectivity index is 1.73. The average molecular weight is 366 g/mol. The van der Waals surface area contributed by atoms with E-state index >= 15 is 0 Å². The zero-order valence-corrected chi connectivity index (χ0v) is 15.7. The quantitative estimate of drug-likeness (QED) is 0.729. The van der Waals surface area contributed by atoms with Gasteiger partial charge in [-0.3, -0.25) is 9.48 Å². The van der Waals surface area contributed by atoms with Crippen LogP contribution in [-0.4, -0.2) is 41.2 Å². The highest BCUT2D eigenvalue weighted by Gasteiger charge is 2.18. The lowest BCUT2D eigenvalue weighted by Crippen LogP contribution is -2.35. The zero-order valence-electron chi connectivity index (χ0n) is 15.7. The van der Waals surface area contributed by atoms with Gasteiger partial charge in [-0.2, -0.15) is 5.10 Å². The van der Waals surface area contributed by atoms with Gasteiger partial charge in [0.25, 0.3) is 5.91 Å². The maximum absolute atomic E-state index is 13.1. The first kappa shape index (κ1) is 18.8. The predicted molar refractivity (Wildman–Crippen MR) is 104 cm³/mol. The van der Waals surface area contributed by atoms with Crippen molar-refractivity contribution in [3.8, 4) is 11.3 Å². The topological polar surface area (TPSA) is 50.2 Å². The highest BCUT2D eigenvalue weighted by Crippen LogP contribution is 2.20. The molecule has 3 aromatic rings. The van der Waals surface area contributed by atoms with E-state index in [0.29, 0.717) is 17.9 Å². The van der Waals surface area contributed by atoms with Crippen molar-refractivity contribution in [3.63, 3.8) is 0 Å². The summed E-state index contributed by atoms with van der Waals surface area (Å²) in [6.07, 6.45) is 0. The summed E-state index contributed by atoms with van der Waals surface area (Å²) >= 11 is 0. The van der Waals surface area contributed by atoms with Crippen molar-refractivity contribution >= 4 is 5.91 Å². The Morgan fingerprint density at radius 3 is 2.44 bits per heavy atom. The van der Waals surface area contributed by atoms with Crippen LogP contribution < -0.4 is 5.32 Å². The second kappa shape index (κ2) is 8.14. The standard InChI is InChI=1S/C21H23FN4O/c1-25(2)20(16-7-5-4-6-8-16)14-23-21(27)19-13-18(24-26(19)3)15-9-11-17(22)12-10-15/h4-13,20H,14H2,1-3H3,(H,23,27). The number of hydrogen-bond donors (Lipinski definition) is 1. The first-order valence-electron chi connectivity index (χ1n) is 8.75. The molecule has 0 aliphatic heterocycles. The molecule has 1 aromatic heterocycles. The first-order chi connectivity index (χ1) is 13.0. The van der Waals surface area contributed by atoms with Crippen molar-refractivity contribution in [1.29, 1.82) is 0 Å². The van der Waals surface area contributed by atoms with Crippen LogP contribution in [0.2, 0.25) is 0 Å². The summed E-state index contributed by atoms with van der Waals surface area (Å²) in [5.74, 6) is -0.496. The van der Waals surface area contributed by atoms with Crippen LogP contribution >= 0.6 is 0 Å². The number of aromatic nitrogens is 2. The molecule has 6 heteroatoms. The third-order valence-electron chi connectivity index (χ3n) is 4.52. The molecule has 0 aliphatic rings. The number of halogens is 1. The molecular weight excluding hydrogens is 343 g/mol. The number of aryl methyl sites for hydroxylation is 1. The lowest BCUT2D eigenvalue weighted by Gasteiger charge is -2.25. The Labute approximate surface area is 158 Å². The molecule has 0 fully saturated rings. The number of nitrogens with one attached hydrogen (secondary N) is 1. The second-order valence-electron chi connectivity index (χ2n) is 6.65. The number of benzene rings is 2. The SMILES string of the molecule is CN(C)C(CNC(=O)c1cc(-c2ccc(F)cc2)nn1C)c1ccccc1. The van der Waals surface area contributed by atoms with E-state index in [1.54, 1.807) is 29.9 Å². The Kier molecular flexibility index (Phi) is 5.66. The molecule has 5 nitrogen and oxygen atoms in total. The third kappa shape index (κ3) is 4.41. The lowest BCUT2D eigenvalue weighted by molar-refractivity contribution is 0.0932. The smallest absolute Gasteiger partial charge is 0.269 e. The minimum Gasteiger partial charge on any atom is -0.349 e. The van der Waals surface area contributed by atoms with Gasteiger partial charge in [0.2, 0.25) is 0 Å². The number of amides is 1. The van der Waals surface area contributed by atoms with Crippen molar-refractivity contribution in [2.75, 3.05) is 20.6 Å². The highest BCUT2D eigenvalue weighted by atomic mass is 19.1.